The molecule has 18 heavy (non-hydrogen) atoms. The normalized spacial score (nSPS) is 11.3. The van der Waals surface area contributed by atoms with Crippen molar-refractivity contribution in [3.8, 4) is 0 Å². The van der Waals surface area contributed by atoms with E-state index < -0.39 is 0 Å². The number of hydrogen-bond donors (Lipinski definition) is 0. The topological polar surface area (TPSA) is 35.6 Å². The molecule has 92 valence electrons. The number of halogens is 1. The molecule has 2 aromatic heterocycles. The van der Waals surface area contributed by atoms with E-state index >= 15 is 0 Å². The smallest absolute Gasteiger partial charge is 0.129 e. The predicted octanol–water partition coefficient (Wildman–Crippen LogP) is 2.27. The summed E-state index contributed by atoms with van der Waals surface area (Å²) >= 11 is 0. The molecule has 0 N–H and O–H groups in total. The lowest BCUT2D eigenvalue weighted by Gasteiger charge is -2.03. The van der Waals surface area contributed by atoms with Crippen LogP contribution in [0.15, 0.2) is 30.9 Å². The van der Waals surface area contributed by atoms with E-state index in [1.54, 1.807) is 19.4 Å². The number of rotatable bonds is 2. The number of nitrogens with zero attached hydrogens (tertiary/aromatic N) is 4. The number of benzene rings is 1. The first-order valence-corrected chi connectivity index (χ1v) is 5.72. The first-order valence-electron chi connectivity index (χ1n) is 5.72. The van der Waals surface area contributed by atoms with Gasteiger partial charge in [-0.2, -0.15) is 0 Å². The van der Waals surface area contributed by atoms with Crippen molar-refractivity contribution in [2.75, 3.05) is 0 Å². The van der Waals surface area contributed by atoms with E-state index in [-0.39, 0.29) is 5.82 Å². The van der Waals surface area contributed by atoms with Crippen LogP contribution in [0.2, 0.25) is 0 Å². The van der Waals surface area contributed by atoms with Crippen molar-refractivity contribution >= 4 is 11.0 Å². The molecule has 0 aliphatic heterocycles. The van der Waals surface area contributed by atoms with Gasteiger partial charge in [-0.3, -0.25) is 0 Å². The van der Waals surface area contributed by atoms with Gasteiger partial charge in [-0.1, -0.05) is 0 Å². The third-order valence-electron chi connectivity index (χ3n) is 3.14. The minimum Gasteiger partial charge on any atom is -0.330 e. The second-order valence-electron chi connectivity index (χ2n) is 4.41. The molecule has 0 amide bonds. The molecule has 0 unspecified atom stereocenters. The van der Waals surface area contributed by atoms with Gasteiger partial charge in [-0.15, -0.1) is 0 Å². The molecule has 0 aliphatic rings. The van der Waals surface area contributed by atoms with Crippen molar-refractivity contribution < 1.29 is 4.39 Å². The summed E-state index contributed by atoms with van der Waals surface area (Å²) in [5, 5.41) is 0. The summed E-state index contributed by atoms with van der Waals surface area (Å²) in [6, 6.07) is 3.32. The van der Waals surface area contributed by atoms with E-state index in [1.165, 1.54) is 6.07 Å². The molecule has 0 saturated heterocycles. The highest BCUT2D eigenvalue weighted by atomic mass is 19.1. The van der Waals surface area contributed by atoms with Crippen molar-refractivity contribution in [3.05, 3.63) is 48.1 Å². The maximum absolute atomic E-state index is 13.5. The van der Waals surface area contributed by atoms with Gasteiger partial charge in [0.1, 0.15) is 11.6 Å². The van der Waals surface area contributed by atoms with Gasteiger partial charge in [0, 0.05) is 25.5 Å². The molecule has 0 bridgehead atoms. The average Bonchev–Trinajstić information content (AvgIpc) is 2.93. The lowest BCUT2D eigenvalue weighted by Crippen LogP contribution is -2.04. The Morgan fingerprint density at radius 2 is 2.17 bits per heavy atom. The Morgan fingerprint density at radius 3 is 2.89 bits per heavy atom. The van der Waals surface area contributed by atoms with Gasteiger partial charge in [0.25, 0.3) is 0 Å². The molecule has 3 aromatic rings. The monoisotopic (exact) mass is 244 g/mol. The standard InChI is InChI=1S/C13H13FN4/c1-9-5-12-11(6-10(9)14)16-13(17(12)2)7-18-4-3-15-8-18/h3-6,8H,7H2,1-2H3. The summed E-state index contributed by atoms with van der Waals surface area (Å²) in [4.78, 5) is 8.46. The SMILES string of the molecule is Cc1cc2c(cc1F)nc(Cn1ccnc1)n2C. The molecule has 0 spiro atoms. The quantitative estimate of drug-likeness (QED) is 0.693. The zero-order valence-corrected chi connectivity index (χ0v) is 10.3. The van der Waals surface area contributed by atoms with E-state index in [4.69, 9.17) is 0 Å². The summed E-state index contributed by atoms with van der Waals surface area (Å²) < 4.78 is 17.4. The zero-order chi connectivity index (χ0) is 12.7. The second-order valence-corrected chi connectivity index (χ2v) is 4.41. The highest BCUT2D eigenvalue weighted by Crippen LogP contribution is 2.19. The molecule has 0 fully saturated rings. The van der Waals surface area contributed by atoms with Gasteiger partial charge in [0.15, 0.2) is 0 Å². The van der Waals surface area contributed by atoms with Crippen molar-refractivity contribution in [2.24, 2.45) is 7.05 Å². The largest absolute Gasteiger partial charge is 0.330 e. The first kappa shape index (κ1) is 11.0. The maximum atomic E-state index is 13.5. The molecule has 3 rings (SSSR count). The highest BCUT2D eigenvalue weighted by molar-refractivity contribution is 5.77. The summed E-state index contributed by atoms with van der Waals surface area (Å²) in [6.07, 6.45) is 5.35. The minimum absolute atomic E-state index is 0.213. The molecule has 1 aromatic carbocycles. The van der Waals surface area contributed by atoms with Crippen molar-refractivity contribution in [3.63, 3.8) is 0 Å². The molecular weight excluding hydrogens is 231 g/mol. The lowest BCUT2D eigenvalue weighted by atomic mass is 10.2. The van der Waals surface area contributed by atoms with Crippen LogP contribution < -0.4 is 0 Å². The molecule has 2 heterocycles. The van der Waals surface area contributed by atoms with Crippen LogP contribution in [-0.4, -0.2) is 19.1 Å². The number of fused-ring (bicyclic) bond motifs is 1. The fraction of sp³-hybridized carbons (Fsp3) is 0.231. The molecule has 5 heteroatoms. The minimum atomic E-state index is -0.213. The van der Waals surface area contributed by atoms with Crippen LogP contribution in [0.5, 0.6) is 0 Å². The van der Waals surface area contributed by atoms with Crippen LogP contribution in [0.3, 0.4) is 0 Å². The Balaban J connectivity index is 2.11. The van der Waals surface area contributed by atoms with E-state index in [0.717, 1.165) is 11.3 Å². The summed E-state index contributed by atoms with van der Waals surface area (Å²) in [5.74, 6) is 0.669. The molecule has 0 radical (unpaired) electrons. The van der Waals surface area contributed by atoms with Crippen LogP contribution in [0.4, 0.5) is 4.39 Å². The fourth-order valence-corrected chi connectivity index (χ4v) is 2.05. The van der Waals surface area contributed by atoms with Crippen LogP contribution in [0.1, 0.15) is 11.4 Å². The lowest BCUT2D eigenvalue weighted by molar-refractivity contribution is 0.620. The van der Waals surface area contributed by atoms with Crippen LogP contribution in [0.25, 0.3) is 11.0 Å². The third kappa shape index (κ3) is 1.68. The zero-order valence-electron chi connectivity index (χ0n) is 10.3. The Bertz CT molecular complexity index is 697. The van der Waals surface area contributed by atoms with Crippen molar-refractivity contribution in [1.29, 1.82) is 0 Å². The van der Waals surface area contributed by atoms with Gasteiger partial charge in [0.05, 0.1) is 23.9 Å². The Hall–Kier alpha value is -2.17. The van der Waals surface area contributed by atoms with Gasteiger partial charge in [0.2, 0.25) is 0 Å². The van der Waals surface area contributed by atoms with Gasteiger partial charge < -0.3 is 9.13 Å². The number of hydrogen-bond acceptors (Lipinski definition) is 2. The average molecular weight is 244 g/mol. The van der Waals surface area contributed by atoms with E-state index in [9.17, 15) is 4.39 Å². The van der Waals surface area contributed by atoms with Crippen LogP contribution in [0, 0.1) is 12.7 Å². The predicted molar refractivity (Wildman–Crippen MR) is 66.7 cm³/mol. The molecule has 0 aliphatic carbocycles. The first-order chi connectivity index (χ1) is 8.65. The molecule has 0 atom stereocenters. The summed E-state index contributed by atoms with van der Waals surface area (Å²) in [6.45, 7) is 2.39. The van der Waals surface area contributed by atoms with Gasteiger partial charge in [-0.05, 0) is 18.6 Å². The van der Waals surface area contributed by atoms with E-state index in [0.29, 0.717) is 17.6 Å². The van der Waals surface area contributed by atoms with Crippen molar-refractivity contribution in [2.45, 2.75) is 13.5 Å². The fourth-order valence-electron chi connectivity index (χ4n) is 2.05. The number of aryl methyl sites for hydroxylation is 2. The second kappa shape index (κ2) is 3.94. The molecule has 0 saturated carbocycles. The molecular formula is C13H13FN4. The van der Waals surface area contributed by atoms with Gasteiger partial charge >= 0.3 is 0 Å². The van der Waals surface area contributed by atoms with Gasteiger partial charge in [-0.25, -0.2) is 14.4 Å². The molecule has 4 nitrogen and oxygen atoms in total. The number of aromatic nitrogens is 4. The number of imidazole rings is 2. The Labute approximate surface area is 104 Å². The highest BCUT2D eigenvalue weighted by Gasteiger charge is 2.10. The van der Waals surface area contributed by atoms with Crippen LogP contribution in [-0.2, 0) is 13.6 Å². The maximum Gasteiger partial charge on any atom is 0.129 e. The summed E-state index contributed by atoms with van der Waals surface area (Å²) in [5.41, 5.74) is 2.28. The third-order valence-corrected chi connectivity index (χ3v) is 3.14. The van der Waals surface area contributed by atoms with Crippen molar-refractivity contribution in [1.82, 2.24) is 19.1 Å². The van der Waals surface area contributed by atoms with Crippen LogP contribution >= 0.6 is 0 Å². The Kier molecular flexibility index (Phi) is 2.40. The Morgan fingerprint density at radius 1 is 1.33 bits per heavy atom. The van der Waals surface area contributed by atoms with E-state index in [2.05, 4.69) is 9.97 Å². The summed E-state index contributed by atoms with van der Waals surface area (Å²) in [7, 11) is 1.94. The van der Waals surface area contributed by atoms with E-state index in [1.807, 2.05) is 28.4 Å².